The first-order valence-electron chi connectivity index (χ1n) is 7.12. The molecule has 21 heavy (non-hydrogen) atoms. The van der Waals surface area contributed by atoms with Gasteiger partial charge in [0.25, 0.3) is 0 Å². The summed E-state index contributed by atoms with van der Waals surface area (Å²) >= 11 is 0. The number of rotatable bonds is 4. The molecule has 0 bridgehead atoms. The zero-order valence-corrected chi connectivity index (χ0v) is 12.5. The molecule has 0 aliphatic rings. The van der Waals surface area contributed by atoms with Gasteiger partial charge in [-0.15, -0.1) is 0 Å². The molecule has 1 aromatic heterocycles. The van der Waals surface area contributed by atoms with E-state index in [9.17, 15) is 0 Å². The molecule has 3 rings (SSSR count). The first kappa shape index (κ1) is 13.7. The highest BCUT2D eigenvalue weighted by Crippen LogP contribution is 2.23. The molecule has 3 heteroatoms. The molecule has 0 atom stereocenters. The number of fused-ring (bicyclic) bond motifs is 1. The SMILES string of the molecule is COc1cc(Cn2ccc3cc(C)ccc32)ccc1CN. The summed E-state index contributed by atoms with van der Waals surface area (Å²) in [6, 6.07) is 14.9. The van der Waals surface area contributed by atoms with Crippen molar-refractivity contribution in [3.8, 4) is 5.75 Å². The maximum atomic E-state index is 5.72. The third kappa shape index (κ3) is 2.65. The molecule has 0 unspecified atom stereocenters. The number of hydrogen-bond acceptors (Lipinski definition) is 2. The van der Waals surface area contributed by atoms with E-state index in [4.69, 9.17) is 10.5 Å². The van der Waals surface area contributed by atoms with Crippen LogP contribution >= 0.6 is 0 Å². The second-order valence-electron chi connectivity index (χ2n) is 5.36. The van der Waals surface area contributed by atoms with Crippen LogP contribution in [0.1, 0.15) is 16.7 Å². The summed E-state index contributed by atoms with van der Waals surface area (Å²) in [4.78, 5) is 0. The number of aromatic nitrogens is 1. The lowest BCUT2D eigenvalue weighted by atomic mass is 10.1. The van der Waals surface area contributed by atoms with E-state index in [-0.39, 0.29) is 0 Å². The highest BCUT2D eigenvalue weighted by molar-refractivity contribution is 5.80. The van der Waals surface area contributed by atoms with Crippen molar-refractivity contribution in [2.45, 2.75) is 20.0 Å². The van der Waals surface area contributed by atoms with E-state index in [1.54, 1.807) is 7.11 Å². The molecule has 0 saturated heterocycles. The van der Waals surface area contributed by atoms with Gasteiger partial charge in [0, 0.05) is 30.4 Å². The van der Waals surface area contributed by atoms with Crippen LogP contribution in [-0.2, 0) is 13.1 Å². The molecule has 0 fully saturated rings. The lowest BCUT2D eigenvalue weighted by molar-refractivity contribution is 0.409. The van der Waals surface area contributed by atoms with E-state index < -0.39 is 0 Å². The highest BCUT2D eigenvalue weighted by Gasteiger charge is 2.06. The highest BCUT2D eigenvalue weighted by atomic mass is 16.5. The zero-order chi connectivity index (χ0) is 14.8. The predicted octanol–water partition coefficient (Wildman–Crippen LogP) is 3.47. The Labute approximate surface area is 125 Å². The van der Waals surface area contributed by atoms with Gasteiger partial charge >= 0.3 is 0 Å². The van der Waals surface area contributed by atoms with Gasteiger partial charge in [0.05, 0.1) is 7.11 Å². The predicted molar refractivity (Wildman–Crippen MR) is 86.7 cm³/mol. The fourth-order valence-corrected chi connectivity index (χ4v) is 2.71. The van der Waals surface area contributed by atoms with Gasteiger partial charge in [-0.1, -0.05) is 23.8 Å². The van der Waals surface area contributed by atoms with Crippen LogP contribution in [-0.4, -0.2) is 11.7 Å². The number of ether oxygens (including phenoxy) is 1. The Morgan fingerprint density at radius 1 is 1.10 bits per heavy atom. The average Bonchev–Trinajstić information content (AvgIpc) is 2.89. The Hall–Kier alpha value is -2.26. The van der Waals surface area contributed by atoms with Crippen LogP contribution in [0.3, 0.4) is 0 Å². The third-order valence-corrected chi connectivity index (χ3v) is 3.85. The molecule has 108 valence electrons. The van der Waals surface area contributed by atoms with Crippen molar-refractivity contribution in [1.29, 1.82) is 0 Å². The van der Waals surface area contributed by atoms with Crippen molar-refractivity contribution >= 4 is 10.9 Å². The number of nitrogens with two attached hydrogens (primary N) is 1. The maximum absolute atomic E-state index is 5.72. The van der Waals surface area contributed by atoms with Crippen LogP contribution in [0.5, 0.6) is 5.75 Å². The van der Waals surface area contributed by atoms with Gasteiger partial charge < -0.3 is 15.0 Å². The Morgan fingerprint density at radius 2 is 1.95 bits per heavy atom. The van der Waals surface area contributed by atoms with E-state index >= 15 is 0 Å². The summed E-state index contributed by atoms with van der Waals surface area (Å²) in [6.45, 7) is 3.44. The molecule has 0 amide bonds. The number of benzene rings is 2. The fraction of sp³-hybridized carbons (Fsp3) is 0.222. The van der Waals surface area contributed by atoms with Gasteiger partial charge in [-0.05, 0) is 42.1 Å². The van der Waals surface area contributed by atoms with Crippen molar-refractivity contribution < 1.29 is 4.74 Å². The van der Waals surface area contributed by atoms with Crippen LogP contribution in [0.15, 0.2) is 48.7 Å². The second kappa shape index (κ2) is 5.62. The number of nitrogens with zero attached hydrogens (tertiary/aromatic N) is 1. The van der Waals surface area contributed by atoms with E-state index in [1.165, 1.54) is 22.0 Å². The summed E-state index contributed by atoms with van der Waals surface area (Å²) in [5.41, 5.74) is 10.5. The molecule has 3 nitrogen and oxygen atoms in total. The number of hydrogen-bond donors (Lipinski definition) is 1. The first-order chi connectivity index (χ1) is 10.2. The Morgan fingerprint density at radius 3 is 2.71 bits per heavy atom. The number of methoxy groups -OCH3 is 1. The minimum Gasteiger partial charge on any atom is -0.496 e. The van der Waals surface area contributed by atoms with Crippen LogP contribution in [0.25, 0.3) is 10.9 Å². The van der Waals surface area contributed by atoms with E-state index in [1.807, 2.05) is 6.07 Å². The Kier molecular flexibility index (Phi) is 3.67. The average molecular weight is 280 g/mol. The molecule has 2 N–H and O–H groups in total. The molecule has 0 spiro atoms. The van der Waals surface area contributed by atoms with Gasteiger partial charge in [-0.2, -0.15) is 0 Å². The lowest BCUT2D eigenvalue weighted by Gasteiger charge is -2.11. The van der Waals surface area contributed by atoms with Gasteiger partial charge in [-0.25, -0.2) is 0 Å². The Balaban J connectivity index is 1.95. The summed E-state index contributed by atoms with van der Waals surface area (Å²) in [5.74, 6) is 0.863. The topological polar surface area (TPSA) is 40.2 Å². The van der Waals surface area contributed by atoms with Gasteiger partial charge in [-0.3, -0.25) is 0 Å². The fourth-order valence-electron chi connectivity index (χ4n) is 2.71. The minimum absolute atomic E-state index is 0.495. The summed E-state index contributed by atoms with van der Waals surface area (Å²) in [6.07, 6.45) is 2.13. The molecule has 1 heterocycles. The molecular weight excluding hydrogens is 260 g/mol. The monoisotopic (exact) mass is 280 g/mol. The van der Waals surface area contributed by atoms with E-state index in [2.05, 4.69) is 54.1 Å². The van der Waals surface area contributed by atoms with Crippen molar-refractivity contribution in [3.63, 3.8) is 0 Å². The van der Waals surface area contributed by atoms with Gasteiger partial charge in [0.2, 0.25) is 0 Å². The second-order valence-corrected chi connectivity index (χ2v) is 5.36. The summed E-state index contributed by atoms with van der Waals surface area (Å²) in [5, 5.41) is 1.28. The maximum Gasteiger partial charge on any atom is 0.123 e. The quantitative estimate of drug-likeness (QED) is 0.795. The lowest BCUT2D eigenvalue weighted by Crippen LogP contribution is -2.03. The largest absolute Gasteiger partial charge is 0.496 e. The normalized spacial score (nSPS) is 11.0. The smallest absolute Gasteiger partial charge is 0.123 e. The third-order valence-electron chi connectivity index (χ3n) is 3.85. The number of aryl methyl sites for hydroxylation is 1. The Bertz CT molecular complexity index is 774. The summed E-state index contributed by atoms with van der Waals surface area (Å²) in [7, 11) is 1.69. The zero-order valence-electron chi connectivity index (χ0n) is 12.5. The molecule has 0 saturated carbocycles. The molecule has 0 radical (unpaired) electrons. The molecule has 3 aromatic rings. The van der Waals surface area contributed by atoms with Crippen LogP contribution in [0, 0.1) is 6.92 Å². The molecule has 0 aliphatic heterocycles. The van der Waals surface area contributed by atoms with E-state index in [0.717, 1.165) is 17.9 Å². The first-order valence-corrected chi connectivity index (χ1v) is 7.12. The standard InChI is InChI=1S/C18H20N2O/c1-13-3-6-17-15(9-13)7-8-20(17)12-14-4-5-16(11-19)18(10-14)21-2/h3-10H,11-12,19H2,1-2H3. The van der Waals surface area contributed by atoms with E-state index in [0.29, 0.717) is 6.54 Å². The van der Waals surface area contributed by atoms with Crippen molar-refractivity contribution in [1.82, 2.24) is 4.57 Å². The summed E-state index contributed by atoms with van der Waals surface area (Å²) < 4.78 is 7.67. The van der Waals surface area contributed by atoms with Crippen molar-refractivity contribution in [2.24, 2.45) is 5.73 Å². The molecule has 0 aliphatic carbocycles. The minimum atomic E-state index is 0.495. The van der Waals surface area contributed by atoms with Crippen LogP contribution in [0.4, 0.5) is 0 Å². The molecule has 2 aromatic carbocycles. The molecular formula is C18H20N2O. The van der Waals surface area contributed by atoms with Crippen LogP contribution < -0.4 is 10.5 Å². The van der Waals surface area contributed by atoms with Gasteiger partial charge in [0.1, 0.15) is 5.75 Å². The van der Waals surface area contributed by atoms with Gasteiger partial charge in [0.15, 0.2) is 0 Å². The van der Waals surface area contributed by atoms with Crippen molar-refractivity contribution in [2.75, 3.05) is 7.11 Å². The van der Waals surface area contributed by atoms with Crippen molar-refractivity contribution in [3.05, 3.63) is 65.4 Å². The van der Waals surface area contributed by atoms with Crippen LogP contribution in [0.2, 0.25) is 0 Å².